The minimum atomic E-state index is -0.537. The van der Waals surface area contributed by atoms with Crippen LogP contribution in [0.4, 0.5) is 5.69 Å². The SMILES string of the molecule is CC(C)Oc1ccc(NC(=O)C(N)C(C)C)cc1Cl.Cl. The molecule has 1 rings (SSSR count). The van der Waals surface area contributed by atoms with Crippen molar-refractivity contribution in [2.24, 2.45) is 11.7 Å². The number of carbonyl (C=O) groups is 1. The van der Waals surface area contributed by atoms with Crippen LogP contribution < -0.4 is 15.8 Å². The summed E-state index contributed by atoms with van der Waals surface area (Å²) in [6.45, 7) is 7.65. The summed E-state index contributed by atoms with van der Waals surface area (Å²) in [5.41, 5.74) is 6.39. The van der Waals surface area contributed by atoms with Crippen LogP contribution in [0.3, 0.4) is 0 Å². The zero-order chi connectivity index (χ0) is 14.6. The molecule has 0 aliphatic carbocycles. The quantitative estimate of drug-likeness (QED) is 0.873. The molecule has 0 saturated carbocycles. The molecular formula is C14H22Cl2N2O2. The van der Waals surface area contributed by atoms with Crippen molar-refractivity contribution in [3.05, 3.63) is 23.2 Å². The van der Waals surface area contributed by atoms with E-state index in [1.54, 1.807) is 18.2 Å². The summed E-state index contributed by atoms with van der Waals surface area (Å²) >= 11 is 6.09. The predicted molar refractivity (Wildman–Crippen MR) is 85.9 cm³/mol. The van der Waals surface area contributed by atoms with Gasteiger partial charge in [-0.3, -0.25) is 4.79 Å². The maximum atomic E-state index is 11.8. The van der Waals surface area contributed by atoms with Crippen LogP contribution in [-0.2, 0) is 4.79 Å². The molecule has 0 radical (unpaired) electrons. The number of hydrogen-bond acceptors (Lipinski definition) is 3. The number of hydrogen-bond donors (Lipinski definition) is 2. The zero-order valence-corrected chi connectivity index (χ0v) is 13.7. The third kappa shape index (κ3) is 5.57. The van der Waals surface area contributed by atoms with Crippen molar-refractivity contribution in [3.8, 4) is 5.75 Å². The van der Waals surface area contributed by atoms with Crippen LogP contribution in [0, 0.1) is 5.92 Å². The first-order valence-corrected chi connectivity index (χ1v) is 6.71. The highest BCUT2D eigenvalue weighted by atomic mass is 35.5. The maximum absolute atomic E-state index is 11.8. The first-order valence-electron chi connectivity index (χ1n) is 6.34. The van der Waals surface area contributed by atoms with E-state index >= 15 is 0 Å². The number of benzene rings is 1. The fraction of sp³-hybridized carbons (Fsp3) is 0.500. The lowest BCUT2D eigenvalue weighted by Gasteiger charge is -2.16. The molecule has 0 saturated heterocycles. The van der Waals surface area contributed by atoms with Gasteiger partial charge < -0.3 is 15.8 Å². The molecule has 0 aliphatic rings. The summed E-state index contributed by atoms with van der Waals surface area (Å²) in [5.74, 6) is 0.463. The summed E-state index contributed by atoms with van der Waals surface area (Å²) < 4.78 is 5.52. The molecule has 4 nitrogen and oxygen atoms in total. The number of nitrogens with two attached hydrogens (primary N) is 1. The van der Waals surface area contributed by atoms with Gasteiger partial charge in [0.15, 0.2) is 0 Å². The average molecular weight is 321 g/mol. The summed E-state index contributed by atoms with van der Waals surface area (Å²) in [5, 5.41) is 3.20. The molecule has 1 atom stereocenters. The Morgan fingerprint density at radius 1 is 1.30 bits per heavy atom. The van der Waals surface area contributed by atoms with E-state index in [4.69, 9.17) is 22.1 Å². The second kappa shape index (κ2) is 8.35. The van der Waals surface area contributed by atoms with Crippen LogP contribution in [0.15, 0.2) is 18.2 Å². The number of nitrogens with one attached hydrogen (secondary N) is 1. The Labute approximate surface area is 131 Å². The number of carbonyl (C=O) groups excluding carboxylic acids is 1. The van der Waals surface area contributed by atoms with Crippen LogP contribution >= 0.6 is 24.0 Å². The van der Waals surface area contributed by atoms with Gasteiger partial charge in [0, 0.05) is 5.69 Å². The summed E-state index contributed by atoms with van der Waals surface area (Å²) in [4.78, 5) is 11.8. The molecule has 1 amide bonds. The summed E-state index contributed by atoms with van der Waals surface area (Å²) in [6, 6.07) is 4.60. The van der Waals surface area contributed by atoms with Crippen LogP contribution in [0.25, 0.3) is 0 Å². The molecule has 20 heavy (non-hydrogen) atoms. The van der Waals surface area contributed by atoms with Gasteiger partial charge in [0.25, 0.3) is 0 Å². The van der Waals surface area contributed by atoms with Gasteiger partial charge in [-0.15, -0.1) is 12.4 Å². The Kier molecular flexibility index (Phi) is 7.94. The molecule has 1 unspecified atom stereocenters. The van der Waals surface area contributed by atoms with Crippen molar-refractivity contribution in [2.75, 3.05) is 5.32 Å². The number of amides is 1. The van der Waals surface area contributed by atoms with Gasteiger partial charge in [-0.25, -0.2) is 0 Å². The number of anilines is 1. The van der Waals surface area contributed by atoms with E-state index in [9.17, 15) is 4.79 Å². The molecular weight excluding hydrogens is 299 g/mol. The monoisotopic (exact) mass is 320 g/mol. The zero-order valence-electron chi connectivity index (χ0n) is 12.1. The summed E-state index contributed by atoms with van der Waals surface area (Å²) in [7, 11) is 0. The Balaban J connectivity index is 0.00000361. The van der Waals surface area contributed by atoms with Crippen molar-refractivity contribution in [1.29, 1.82) is 0 Å². The van der Waals surface area contributed by atoms with Crippen LogP contribution in [0.1, 0.15) is 27.7 Å². The first-order chi connectivity index (χ1) is 8.81. The number of rotatable bonds is 5. The molecule has 1 aromatic carbocycles. The molecule has 0 aliphatic heterocycles. The van der Waals surface area contributed by atoms with Gasteiger partial charge in [-0.1, -0.05) is 25.4 Å². The fourth-order valence-electron chi connectivity index (χ4n) is 1.46. The maximum Gasteiger partial charge on any atom is 0.241 e. The van der Waals surface area contributed by atoms with E-state index in [-0.39, 0.29) is 30.3 Å². The first kappa shape index (κ1) is 19.0. The molecule has 0 fully saturated rings. The van der Waals surface area contributed by atoms with E-state index in [0.717, 1.165) is 0 Å². The Morgan fingerprint density at radius 2 is 1.90 bits per heavy atom. The smallest absolute Gasteiger partial charge is 0.241 e. The van der Waals surface area contributed by atoms with Crippen LogP contribution in [0.5, 0.6) is 5.75 Å². The van der Waals surface area contributed by atoms with E-state index in [1.165, 1.54) is 0 Å². The van der Waals surface area contributed by atoms with Gasteiger partial charge in [-0.2, -0.15) is 0 Å². The molecule has 6 heteroatoms. The lowest BCUT2D eigenvalue weighted by Crippen LogP contribution is -2.39. The fourth-order valence-corrected chi connectivity index (χ4v) is 1.68. The van der Waals surface area contributed by atoms with E-state index < -0.39 is 6.04 Å². The second-order valence-electron chi connectivity index (χ2n) is 5.07. The standard InChI is InChI=1S/C14H21ClN2O2.ClH/c1-8(2)13(16)14(18)17-10-5-6-12(11(15)7-10)19-9(3)4;/h5-9,13H,16H2,1-4H3,(H,17,18);1H. The minimum Gasteiger partial charge on any atom is -0.489 e. The van der Waals surface area contributed by atoms with Crippen molar-refractivity contribution in [1.82, 2.24) is 0 Å². The second-order valence-corrected chi connectivity index (χ2v) is 5.48. The lowest BCUT2D eigenvalue weighted by atomic mass is 10.0. The highest BCUT2D eigenvalue weighted by molar-refractivity contribution is 6.32. The van der Waals surface area contributed by atoms with Crippen LogP contribution in [-0.4, -0.2) is 18.1 Å². The number of halogens is 2. The van der Waals surface area contributed by atoms with Crippen molar-refractivity contribution in [3.63, 3.8) is 0 Å². The molecule has 0 aromatic heterocycles. The largest absolute Gasteiger partial charge is 0.489 e. The molecule has 3 N–H and O–H groups in total. The molecule has 0 bridgehead atoms. The van der Waals surface area contributed by atoms with Crippen LogP contribution in [0.2, 0.25) is 5.02 Å². The number of ether oxygens (including phenoxy) is 1. The molecule has 0 spiro atoms. The molecule has 1 aromatic rings. The minimum absolute atomic E-state index is 0. The van der Waals surface area contributed by atoms with E-state index in [2.05, 4.69) is 5.32 Å². The van der Waals surface area contributed by atoms with Gasteiger partial charge in [-0.05, 0) is 38.0 Å². The Hall–Kier alpha value is -0.970. The normalized spacial score (nSPS) is 12.0. The topological polar surface area (TPSA) is 64.3 Å². The Morgan fingerprint density at radius 3 is 2.35 bits per heavy atom. The molecule has 0 heterocycles. The molecule has 114 valence electrons. The highest BCUT2D eigenvalue weighted by Gasteiger charge is 2.17. The Bertz CT molecular complexity index is 451. The third-order valence-corrected chi connectivity index (χ3v) is 2.88. The van der Waals surface area contributed by atoms with Gasteiger partial charge in [0.1, 0.15) is 5.75 Å². The average Bonchev–Trinajstić information content (AvgIpc) is 2.31. The van der Waals surface area contributed by atoms with Crippen molar-refractivity contribution in [2.45, 2.75) is 39.8 Å². The van der Waals surface area contributed by atoms with E-state index in [1.807, 2.05) is 27.7 Å². The van der Waals surface area contributed by atoms with Crippen molar-refractivity contribution < 1.29 is 9.53 Å². The third-order valence-electron chi connectivity index (χ3n) is 2.58. The lowest BCUT2D eigenvalue weighted by molar-refractivity contribution is -0.118. The van der Waals surface area contributed by atoms with Gasteiger partial charge in [0.05, 0.1) is 17.2 Å². The van der Waals surface area contributed by atoms with Gasteiger partial charge >= 0.3 is 0 Å². The highest BCUT2D eigenvalue weighted by Crippen LogP contribution is 2.28. The predicted octanol–water partition coefficient (Wildman–Crippen LogP) is 3.47. The van der Waals surface area contributed by atoms with Gasteiger partial charge in [0.2, 0.25) is 5.91 Å². The van der Waals surface area contributed by atoms with E-state index in [0.29, 0.717) is 16.5 Å². The summed E-state index contributed by atoms with van der Waals surface area (Å²) in [6.07, 6.45) is 0.0484. The van der Waals surface area contributed by atoms with Crippen molar-refractivity contribution >= 4 is 35.6 Å².